The molecule has 146 valence electrons. The van der Waals surface area contributed by atoms with Gasteiger partial charge in [-0.15, -0.1) is 12.4 Å². The summed E-state index contributed by atoms with van der Waals surface area (Å²) in [5.74, 6) is 2.23. The van der Waals surface area contributed by atoms with Crippen LogP contribution in [0.5, 0.6) is 5.75 Å². The van der Waals surface area contributed by atoms with E-state index >= 15 is 0 Å². The number of aryl methyl sites for hydroxylation is 1. The molecule has 0 atom stereocenters. The Morgan fingerprint density at radius 1 is 1.19 bits per heavy atom. The van der Waals surface area contributed by atoms with Crippen molar-refractivity contribution >= 4 is 12.4 Å². The molecule has 2 aliphatic rings. The van der Waals surface area contributed by atoms with Crippen molar-refractivity contribution in [2.24, 2.45) is 5.92 Å². The van der Waals surface area contributed by atoms with E-state index < -0.39 is 0 Å². The van der Waals surface area contributed by atoms with Gasteiger partial charge in [0, 0.05) is 49.8 Å². The van der Waals surface area contributed by atoms with Gasteiger partial charge >= 0.3 is 0 Å². The predicted molar refractivity (Wildman–Crippen MR) is 107 cm³/mol. The summed E-state index contributed by atoms with van der Waals surface area (Å²) in [7, 11) is 0. The van der Waals surface area contributed by atoms with Gasteiger partial charge in [0.15, 0.2) is 0 Å². The molecule has 2 aromatic rings. The number of para-hydroxylation sites is 1. The molecule has 1 aliphatic heterocycles. The Hall–Kier alpha value is -1.69. The maximum absolute atomic E-state index is 9.50. The first-order chi connectivity index (χ1) is 12.7. The molecule has 0 unspecified atom stereocenters. The van der Waals surface area contributed by atoms with Crippen molar-refractivity contribution < 1.29 is 9.84 Å². The Morgan fingerprint density at radius 2 is 1.89 bits per heavy atom. The number of fused-ring (bicyclic) bond motifs is 1. The molecule has 2 heterocycles. The summed E-state index contributed by atoms with van der Waals surface area (Å²) in [5.41, 5.74) is 2.21. The Kier molecular flexibility index (Phi) is 6.35. The zero-order valence-electron chi connectivity index (χ0n) is 15.8. The number of aliphatic hydroxyl groups excluding tert-OH is 1. The Bertz CT molecular complexity index is 745. The van der Waals surface area contributed by atoms with Gasteiger partial charge in [-0.05, 0) is 44.6 Å². The van der Waals surface area contributed by atoms with Crippen molar-refractivity contribution in [1.29, 1.82) is 0 Å². The Morgan fingerprint density at radius 3 is 2.59 bits per heavy atom. The molecule has 1 N–H and O–H groups in total. The molecule has 5 nitrogen and oxygen atoms in total. The molecule has 4 rings (SSSR count). The number of hydrogen-bond donors (Lipinski definition) is 1. The molecule has 1 saturated carbocycles. The lowest BCUT2D eigenvalue weighted by molar-refractivity contribution is -0.0154. The third kappa shape index (κ3) is 4.60. The number of aliphatic hydroxyl groups is 1. The van der Waals surface area contributed by atoms with E-state index in [0.717, 1.165) is 62.5 Å². The Labute approximate surface area is 167 Å². The zero-order valence-corrected chi connectivity index (χ0v) is 16.6. The molecule has 0 bridgehead atoms. The van der Waals surface area contributed by atoms with Crippen LogP contribution in [0, 0.1) is 12.8 Å². The number of hydrogen-bond acceptors (Lipinski definition) is 5. The number of aromatic nitrogens is 2. The molecular weight excluding hydrogens is 362 g/mol. The van der Waals surface area contributed by atoms with Crippen molar-refractivity contribution in [1.82, 2.24) is 14.9 Å². The minimum atomic E-state index is -0.163. The molecule has 0 saturated heterocycles. The summed E-state index contributed by atoms with van der Waals surface area (Å²) in [6.45, 7) is 4.79. The first-order valence-corrected chi connectivity index (χ1v) is 9.53. The molecular formula is C21H28ClN3O2. The van der Waals surface area contributed by atoms with E-state index in [9.17, 15) is 5.11 Å². The van der Waals surface area contributed by atoms with E-state index in [0.29, 0.717) is 5.92 Å². The Balaban J connectivity index is 0.00000210. The molecule has 1 fully saturated rings. The maximum Gasteiger partial charge on any atom is 0.125 e. The molecule has 1 aliphatic carbocycles. The van der Waals surface area contributed by atoms with Crippen LogP contribution in [-0.4, -0.2) is 38.7 Å². The lowest BCUT2D eigenvalue weighted by Crippen LogP contribution is -2.48. The average Bonchev–Trinajstić information content (AvgIpc) is 2.80. The molecule has 0 amide bonds. The molecule has 6 heteroatoms. The standard InChI is InChI=1S/C21H27N3O2.ClH/c1-16-22-10-18(11-23-16)12-24-13-19-4-2-3-5-20(19)26-21(15-24)8-6-17(14-25)7-9-21;/h2-5,10-11,17,25H,6-9,12-15H2,1H3;1H. The highest BCUT2D eigenvalue weighted by molar-refractivity contribution is 5.85. The predicted octanol–water partition coefficient (Wildman–Crippen LogP) is 3.52. The van der Waals surface area contributed by atoms with E-state index in [1.54, 1.807) is 0 Å². The van der Waals surface area contributed by atoms with Crippen LogP contribution >= 0.6 is 12.4 Å². The van der Waals surface area contributed by atoms with Gasteiger partial charge in [0.2, 0.25) is 0 Å². The van der Waals surface area contributed by atoms with Crippen LogP contribution in [0.3, 0.4) is 0 Å². The van der Waals surface area contributed by atoms with E-state index in [1.165, 1.54) is 5.56 Å². The van der Waals surface area contributed by atoms with Gasteiger partial charge in [0.05, 0.1) is 0 Å². The third-order valence-electron chi connectivity index (χ3n) is 5.72. The quantitative estimate of drug-likeness (QED) is 0.870. The van der Waals surface area contributed by atoms with E-state index in [2.05, 4.69) is 39.1 Å². The smallest absolute Gasteiger partial charge is 0.125 e. The molecule has 1 spiro atoms. The van der Waals surface area contributed by atoms with Crippen LogP contribution in [0.1, 0.15) is 42.6 Å². The second kappa shape index (κ2) is 8.55. The number of nitrogens with zero attached hydrogens (tertiary/aromatic N) is 3. The third-order valence-corrected chi connectivity index (χ3v) is 5.72. The molecule has 27 heavy (non-hydrogen) atoms. The summed E-state index contributed by atoms with van der Waals surface area (Å²) in [6.07, 6.45) is 7.89. The van der Waals surface area contributed by atoms with Crippen LogP contribution in [0.4, 0.5) is 0 Å². The molecule has 1 aromatic heterocycles. The van der Waals surface area contributed by atoms with Crippen LogP contribution in [0.15, 0.2) is 36.7 Å². The molecule has 0 radical (unpaired) electrons. The van der Waals surface area contributed by atoms with Crippen molar-refractivity contribution in [3.8, 4) is 5.75 Å². The summed E-state index contributed by atoms with van der Waals surface area (Å²) < 4.78 is 6.61. The van der Waals surface area contributed by atoms with Gasteiger partial charge in [0.1, 0.15) is 17.2 Å². The first-order valence-electron chi connectivity index (χ1n) is 9.53. The highest BCUT2D eigenvalue weighted by Gasteiger charge is 2.40. The van der Waals surface area contributed by atoms with E-state index in [1.807, 2.05) is 19.3 Å². The minimum Gasteiger partial charge on any atom is -0.486 e. The normalized spacial score (nSPS) is 25.2. The second-order valence-electron chi connectivity index (χ2n) is 7.80. The highest BCUT2D eigenvalue weighted by Crippen LogP contribution is 2.40. The van der Waals surface area contributed by atoms with Crippen LogP contribution in [0.2, 0.25) is 0 Å². The van der Waals surface area contributed by atoms with Gasteiger partial charge in [0.25, 0.3) is 0 Å². The van der Waals surface area contributed by atoms with Crippen molar-refractivity contribution in [3.05, 3.63) is 53.6 Å². The van der Waals surface area contributed by atoms with Gasteiger partial charge < -0.3 is 9.84 Å². The fourth-order valence-corrected chi connectivity index (χ4v) is 4.22. The lowest BCUT2D eigenvalue weighted by Gasteiger charge is -2.41. The number of ether oxygens (including phenoxy) is 1. The monoisotopic (exact) mass is 389 g/mol. The topological polar surface area (TPSA) is 58.5 Å². The van der Waals surface area contributed by atoms with Crippen LogP contribution in [-0.2, 0) is 13.1 Å². The summed E-state index contributed by atoms with van der Waals surface area (Å²) in [6, 6.07) is 8.38. The van der Waals surface area contributed by atoms with Crippen molar-refractivity contribution in [3.63, 3.8) is 0 Å². The van der Waals surface area contributed by atoms with Gasteiger partial charge in [-0.2, -0.15) is 0 Å². The van der Waals surface area contributed by atoms with Gasteiger partial charge in [-0.1, -0.05) is 18.2 Å². The van der Waals surface area contributed by atoms with E-state index in [4.69, 9.17) is 4.74 Å². The molecule has 1 aromatic carbocycles. The van der Waals surface area contributed by atoms with Crippen molar-refractivity contribution in [2.75, 3.05) is 13.2 Å². The second-order valence-corrected chi connectivity index (χ2v) is 7.80. The fourth-order valence-electron chi connectivity index (χ4n) is 4.22. The zero-order chi connectivity index (χ0) is 18.0. The van der Waals surface area contributed by atoms with Gasteiger partial charge in [-0.3, -0.25) is 4.90 Å². The highest BCUT2D eigenvalue weighted by atomic mass is 35.5. The summed E-state index contributed by atoms with van der Waals surface area (Å²) in [4.78, 5) is 11.1. The lowest BCUT2D eigenvalue weighted by atomic mass is 9.78. The average molecular weight is 390 g/mol. The van der Waals surface area contributed by atoms with E-state index in [-0.39, 0.29) is 24.6 Å². The van der Waals surface area contributed by atoms with Crippen LogP contribution < -0.4 is 4.74 Å². The SMILES string of the molecule is Cc1ncc(CN2Cc3ccccc3OC3(CCC(CO)CC3)C2)cn1.Cl. The minimum absolute atomic E-state index is 0. The first kappa shape index (κ1) is 20.1. The van der Waals surface area contributed by atoms with Crippen molar-refractivity contribution in [2.45, 2.75) is 51.3 Å². The largest absolute Gasteiger partial charge is 0.486 e. The maximum atomic E-state index is 9.50. The number of rotatable bonds is 3. The number of benzene rings is 1. The number of halogens is 1. The van der Waals surface area contributed by atoms with Gasteiger partial charge in [-0.25, -0.2) is 9.97 Å². The fraction of sp³-hybridized carbons (Fsp3) is 0.524. The summed E-state index contributed by atoms with van der Waals surface area (Å²) >= 11 is 0. The van der Waals surface area contributed by atoms with Crippen LogP contribution in [0.25, 0.3) is 0 Å². The summed E-state index contributed by atoms with van der Waals surface area (Å²) in [5, 5.41) is 9.50.